The second-order valence-corrected chi connectivity index (χ2v) is 6.79. The van der Waals surface area contributed by atoms with E-state index in [4.69, 9.17) is 14.2 Å². The second kappa shape index (κ2) is 10.9. The summed E-state index contributed by atoms with van der Waals surface area (Å²) in [7, 11) is 2.62. The average Bonchev–Trinajstić information content (AvgIpc) is 3.05. The number of aromatic nitrogens is 1. The van der Waals surface area contributed by atoms with Crippen molar-refractivity contribution in [3.63, 3.8) is 0 Å². The number of aromatic amines is 1. The Morgan fingerprint density at radius 2 is 1.76 bits per heavy atom. The number of esters is 2. The minimum atomic E-state index is -4.64. The van der Waals surface area contributed by atoms with Gasteiger partial charge in [-0.3, -0.25) is 4.79 Å². The third kappa shape index (κ3) is 6.48. The molecule has 1 amide bonds. The molecule has 33 heavy (non-hydrogen) atoms. The first-order valence-corrected chi connectivity index (χ1v) is 9.57. The number of hydrogen-bond donors (Lipinski definition) is 2. The van der Waals surface area contributed by atoms with Gasteiger partial charge in [-0.2, -0.15) is 13.2 Å². The summed E-state index contributed by atoms with van der Waals surface area (Å²) < 4.78 is 59.0. The largest absolute Gasteiger partial charge is 0.489 e. The van der Waals surface area contributed by atoms with Gasteiger partial charge >= 0.3 is 18.1 Å². The van der Waals surface area contributed by atoms with E-state index in [0.717, 1.165) is 12.1 Å². The van der Waals surface area contributed by atoms with Gasteiger partial charge in [0.15, 0.2) is 6.61 Å². The number of amides is 1. The zero-order valence-electron chi connectivity index (χ0n) is 18.3. The van der Waals surface area contributed by atoms with E-state index in [1.165, 1.54) is 21.1 Å². The number of anilines is 1. The molecule has 2 aromatic rings. The number of hydrogen-bond acceptors (Lipinski definition) is 7. The molecular formula is C21H23F3N2O7. The SMILES string of the molecule is COCCOc1ccc(C(F)(F)F)cc1NC(=O)COC(=O)c1[nH]c(C)c(C(=O)OC)c1C. The van der Waals surface area contributed by atoms with E-state index in [9.17, 15) is 27.6 Å². The molecule has 0 spiro atoms. The molecule has 2 N–H and O–H groups in total. The van der Waals surface area contributed by atoms with Crippen LogP contribution >= 0.6 is 0 Å². The number of carbonyl (C=O) groups excluding carboxylic acids is 3. The molecule has 0 fully saturated rings. The minimum Gasteiger partial charge on any atom is -0.489 e. The molecule has 0 atom stereocenters. The number of ether oxygens (including phenoxy) is 4. The topological polar surface area (TPSA) is 116 Å². The number of aryl methyl sites for hydroxylation is 1. The summed E-state index contributed by atoms with van der Waals surface area (Å²) >= 11 is 0. The van der Waals surface area contributed by atoms with Crippen molar-refractivity contribution in [2.45, 2.75) is 20.0 Å². The Bertz CT molecular complexity index is 1030. The Kier molecular flexibility index (Phi) is 8.46. The normalized spacial score (nSPS) is 11.1. The van der Waals surface area contributed by atoms with Gasteiger partial charge in [0.2, 0.25) is 0 Å². The quantitative estimate of drug-likeness (QED) is 0.425. The van der Waals surface area contributed by atoms with Gasteiger partial charge in [0, 0.05) is 12.8 Å². The molecule has 0 aliphatic rings. The van der Waals surface area contributed by atoms with Crippen LogP contribution in [-0.4, -0.2) is 56.9 Å². The third-order valence-corrected chi connectivity index (χ3v) is 4.49. The predicted octanol–water partition coefficient (Wildman–Crippen LogP) is 3.26. The summed E-state index contributed by atoms with van der Waals surface area (Å²) in [5.74, 6) is -2.49. The summed E-state index contributed by atoms with van der Waals surface area (Å²) in [6.45, 7) is 2.47. The van der Waals surface area contributed by atoms with Gasteiger partial charge < -0.3 is 29.2 Å². The maximum absolute atomic E-state index is 13.1. The molecule has 0 unspecified atom stereocenters. The molecule has 0 aliphatic carbocycles. The molecule has 0 radical (unpaired) electrons. The van der Waals surface area contributed by atoms with E-state index in [2.05, 4.69) is 15.0 Å². The van der Waals surface area contributed by atoms with Crippen molar-refractivity contribution >= 4 is 23.5 Å². The van der Waals surface area contributed by atoms with Crippen LogP contribution in [-0.2, 0) is 25.2 Å². The molecule has 2 rings (SSSR count). The molecule has 1 aromatic heterocycles. The number of H-pyrrole nitrogens is 1. The number of benzene rings is 1. The van der Waals surface area contributed by atoms with Crippen LogP contribution < -0.4 is 10.1 Å². The summed E-state index contributed by atoms with van der Waals surface area (Å²) in [5.41, 5.74) is -0.489. The van der Waals surface area contributed by atoms with Crippen LogP contribution in [0.3, 0.4) is 0 Å². The molecule has 9 nitrogen and oxygen atoms in total. The number of nitrogens with one attached hydrogen (secondary N) is 2. The van der Waals surface area contributed by atoms with Gasteiger partial charge in [-0.1, -0.05) is 0 Å². The lowest BCUT2D eigenvalue weighted by atomic mass is 10.1. The van der Waals surface area contributed by atoms with Crippen molar-refractivity contribution in [1.29, 1.82) is 0 Å². The van der Waals surface area contributed by atoms with E-state index < -0.39 is 36.2 Å². The number of alkyl halides is 3. The maximum Gasteiger partial charge on any atom is 0.416 e. The van der Waals surface area contributed by atoms with Crippen molar-refractivity contribution in [1.82, 2.24) is 4.98 Å². The first-order chi connectivity index (χ1) is 15.5. The van der Waals surface area contributed by atoms with Crippen LogP contribution in [0.25, 0.3) is 0 Å². The van der Waals surface area contributed by atoms with Gasteiger partial charge in [-0.25, -0.2) is 9.59 Å². The van der Waals surface area contributed by atoms with E-state index in [1.54, 1.807) is 6.92 Å². The van der Waals surface area contributed by atoms with Gasteiger partial charge in [-0.05, 0) is 37.6 Å². The molecule has 0 saturated heterocycles. The monoisotopic (exact) mass is 472 g/mol. The lowest BCUT2D eigenvalue weighted by Crippen LogP contribution is -2.22. The van der Waals surface area contributed by atoms with Crippen LogP contribution in [0, 0.1) is 13.8 Å². The molecule has 0 saturated carbocycles. The predicted molar refractivity (Wildman–Crippen MR) is 109 cm³/mol. The fourth-order valence-corrected chi connectivity index (χ4v) is 2.92. The minimum absolute atomic E-state index is 0.0155. The van der Waals surface area contributed by atoms with Gasteiger partial charge in [0.05, 0.1) is 30.5 Å². The lowest BCUT2D eigenvalue weighted by molar-refractivity contribution is -0.137. The molecular weight excluding hydrogens is 449 g/mol. The lowest BCUT2D eigenvalue weighted by Gasteiger charge is -2.15. The Labute approximate surface area is 187 Å². The molecule has 12 heteroatoms. The highest BCUT2D eigenvalue weighted by Crippen LogP contribution is 2.35. The van der Waals surface area contributed by atoms with E-state index in [0.29, 0.717) is 11.8 Å². The highest BCUT2D eigenvalue weighted by Gasteiger charge is 2.31. The van der Waals surface area contributed by atoms with Crippen molar-refractivity contribution in [3.05, 3.63) is 46.3 Å². The fourth-order valence-electron chi connectivity index (χ4n) is 2.92. The van der Waals surface area contributed by atoms with Gasteiger partial charge in [-0.15, -0.1) is 0 Å². The van der Waals surface area contributed by atoms with Gasteiger partial charge in [0.25, 0.3) is 5.91 Å². The summed E-state index contributed by atoms with van der Waals surface area (Å²) in [5, 5.41) is 2.25. The zero-order valence-corrected chi connectivity index (χ0v) is 18.3. The molecule has 0 bridgehead atoms. The average molecular weight is 472 g/mol. The standard InChI is InChI=1S/C21H23F3N2O7/c1-11-17(19(28)31-4)12(2)25-18(11)20(29)33-10-16(27)26-14-9-13(21(22,23)24)5-6-15(14)32-8-7-30-3/h5-6,9,25H,7-8,10H2,1-4H3,(H,26,27). The van der Waals surface area contributed by atoms with Crippen LogP contribution in [0.4, 0.5) is 18.9 Å². The Hall–Kier alpha value is -3.54. The first-order valence-electron chi connectivity index (χ1n) is 9.57. The van der Waals surface area contributed by atoms with Crippen molar-refractivity contribution in [2.75, 3.05) is 39.4 Å². The molecule has 1 heterocycles. The second-order valence-electron chi connectivity index (χ2n) is 6.79. The van der Waals surface area contributed by atoms with Crippen molar-refractivity contribution in [3.8, 4) is 5.75 Å². The molecule has 180 valence electrons. The van der Waals surface area contributed by atoms with Crippen molar-refractivity contribution in [2.24, 2.45) is 0 Å². The summed E-state index contributed by atoms with van der Waals surface area (Å²) in [4.78, 5) is 39.1. The third-order valence-electron chi connectivity index (χ3n) is 4.49. The van der Waals surface area contributed by atoms with E-state index in [-0.39, 0.29) is 41.5 Å². The Morgan fingerprint density at radius 1 is 1.06 bits per heavy atom. The number of carbonyl (C=O) groups is 3. The summed E-state index contributed by atoms with van der Waals surface area (Å²) in [6, 6.07) is 2.59. The van der Waals surface area contributed by atoms with Crippen molar-refractivity contribution < 1.29 is 46.5 Å². The fraction of sp³-hybridized carbons (Fsp3) is 0.381. The van der Waals surface area contributed by atoms with E-state index >= 15 is 0 Å². The maximum atomic E-state index is 13.1. The van der Waals surface area contributed by atoms with Gasteiger partial charge in [0.1, 0.15) is 18.1 Å². The van der Waals surface area contributed by atoms with Crippen LogP contribution in [0.5, 0.6) is 5.75 Å². The number of rotatable bonds is 9. The smallest absolute Gasteiger partial charge is 0.416 e. The number of halogens is 3. The highest BCUT2D eigenvalue weighted by atomic mass is 19.4. The van der Waals surface area contributed by atoms with Crippen LogP contribution in [0.15, 0.2) is 18.2 Å². The highest BCUT2D eigenvalue weighted by molar-refractivity contribution is 6.00. The van der Waals surface area contributed by atoms with E-state index in [1.807, 2.05) is 0 Å². The number of methoxy groups -OCH3 is 2. The Morgan fingerprint density at radius 3 is 2.36 bits per heavy atom. The summed E-state index contributed by atoms with van der Waals surface area (Å²) in [6.07, 6.45) is -4.64. The molecule has 0 aliphatic heterocycles. The molecule has 1 aromatic carbocycles. The first kappa shape index (κ1) is 25.7. The van der Waals surface area contributed by atoms with Crippen LogP contribution in [0.1, 0.15) is 37.7 Å². The van der Waals surface area contributed by atoms with Crippen LogP contribution in [0.2, 0.25) is 0 Å². The Balaban J connectivity index is 2.12. The zero-order chi connectivity index (χ0) is 24.8.